The fourth-order valence-corrected chi connectivity index (χ4v) is 2.21. The van der Waals surface area contributed by atoms with Gasteiger partial charge in [-0.3, -0.25) is 0 Å². The van der Waals surface area contributed by atoms with Gasteiger partial charge < -0.3 is 10.6 Å². The highest BCUT2D eigenvalue weighted by Crippen LogP contribution is 2.25. The van der Waals surface area contributed by atoms with E-state index in [9.17, 15) is 0 Å². The third kappa shape index (κ3) is 2.98. The lowest BCUT2D eigenvalue weighted by atomic mass is 10.1. The summed E-state index contributed by atoms with van der Waals surface area (Å²) in [5.74, 6) is 0.903. The Labute approximate surface area is 118 Å². The molecule has 2 N–H and O–H groups in total. The van der Waals surface area contributed by atoms with E-state index < -0.39 is 0 Å². The highest BCUT2D eigenvalue weighted by Gasteiger charge is 2.12. The van der Waals surface area contributed by atoms with Crippen LogP contribution in [0.1, 0.15) is 19.0 Å². The van der Waals surface area contributed by atoms with Gasteiger partial charge in [-0.05, 0) is 13.8 Å². The maximum Gasteiger partial charge on any atom is 0.159 e. The van der Waals surface area contributed by atoms with Gasteiger partial charge in [0.2, 0.25) is 0 Å². The van der Waals surface area contributed by atoms with E-state index in [-0.39, 0.29) is 0 Å². The molecule has 0 amide bonds. The molecule has 0 unspecified atom stereocenters. The monoisotopic (exact) mass is 274 g/mol. The molecule has 2 aromatic rings. The number of hydrogen-bond donors (Lipinski definition) is 1. The van der Waals surface area contributed by atoms with Gasteiger partial charge in [0.05, 0.1) is 10.7 Å². The number of nitrogens with two attached hydrogens (primary N) is 1. The van der Waals surface area contributed by atoms with Crippen molar-refractivity contribution in [1.29, 1.82) is 0 Å². The number of benzene rings is 1. The van der Waals surface area contributed by atoms with E-state index in [4.69, 9.17) is 18.0 Å². The standard InChI is InChI=1S/C14H18N4S/c1-3-18(9-8-13(15)19)14-12-7-5-4-6-11(12)10(2)16-17-14/h4-7H,3,8-9H2,1-2H3,(H2,15,19). The second-order valence-electron chi connectivity index (χ2n) is 4.45. The Hall–Kier alpha value is -1.75. The number of anilines is 1. The molecule has 0 aliphatic heterocycles. The molecule has 100 valence electrons. The molecule has 0 spiro atoms. The lowest BCUT2D eigenvalue weighted by Crippen LogP contribution is -2.28. The Bertz CT molecular complexity index is 597. The van der Waals surface area contributed by atoms with Crippen LogP contribution in [0.25, 0.3) is 10.8 Å². The highest BCUT2D eigenvalue weighted by atomic mass is 32.1. The van der Waals surface area contributed by atoms with Crippen molar-refractivity contribution >= 4 is 33.8 Å². The van der Waals surface area contributed by atoms with E-state index in [2.05, 4.69) is 34.2 Å². The maximum atomic E-state index is 5.58. The number of aryl methyl sites for hydroxylation is 1. The van der Waals surface area contributed by atoms with Crippen molar-refractivity contribution in [2.24, 2.45) is 5.73 Å². The van der Waals surface area contributed by atoms with Crippen molar-refractivity contribution in [3.8, 4) is 0 Å². The summed E-state index contributed by atoms with van der Waals surface area (Å²) in [6.45, 7) is 5.69. The van der Waals surface area contributed by atoms with Crippen LogP contribution in [0.15, 0.2) is 24.3 Å². The average molecular weight is 274 g/mol. The lowest BCUT2D eigenvalue weighted by molar-refractivity contribution is 0.806. The van der Waals surface area contributed by atoms with Crippen LogP contribution in [0.4, 0.5) is 5.82 Å². The van der Waals surface area contributed by atoms with E-state index in [1.165, 1.54) is 0 Å². The van der Waals surface area contributed by atoms with Crippen molar-refractivity contribution in [1.82, 2.24) is 10.2 Å². The van der Waals surface area contributed by atoms with Crippen LogP contribution in [0, 0.1) is 6.92 Å². The number of fused-ring (bicyclic) bond motifs is 1. The zero-order chi connectivity index (χ0) is 13.8. The minimum atomic E-state index is 0.530. The molecule has 19 heavy (non-hydrogen) atoms. The first-order valence-corrected chi connectivity index (χ1v) is 6.79. The van der Waals surface area contributed by atoms with E-state index >= 15 is 0 Å². The third-order valence-corrected chi connectivity index (χ3v) is 3.37. The molecule has 1 aromatic heterocycles. The van der Waals surface area contributed by atoms with Crippen molar-refractivity contribution in [3.05, 3.63) is 30.0 Å². The van der Waals surface area contributed by atoms with Gasteiger partial charge in [-0.2, -0.15) is 5.10 Å². The number of rotatable bonds is 5. The summed E-state index contributed by atoms with van der Waals surface area (Å²) in [5, 5.41) is 10.9. The Morgan fingerprint density at radius 1 is 1.26 bits per heavy atom. The molecule has 0 radical (unpaired) electrons. The average Bonchev–Trinajstić information content (AvgIpc) is 2.41. The van der Waals surface area contributed by atoms with Gasteiger partial charge in [-0.1, -0.05) is 36.5 Å². The smallest absolute Gasteiger partial charge is 0.159 e. The first-order chi connectivity index (χ1) is 9.13. The van der Waals surface area contributed by atoms with Crippen LogP contribution in [0.3, 0.4) is 0 Å². The second kappa shape index (κ2) is 5.93. The van der Waals surface area contributed by atoms with Gasteiger partial charge in [0.1, 0.15) is 0 Å². The van der Waals surface area contributed by atoms with E-state index in [1.54, 1.807) is 0 Å². The van der Waals surface area contributed by atoms with Crippen molar-refractivity contribution in [3.63, 3.8) is 0 Å². The number of hydrogen-bond acceptors (Lipinski definition) is 4. The zero-order valence-corrected chi connectivity index (χ0v) is 12.1. The molecule has 2 rings (SSSR count). The predicted molar refractivity (Wildman–Crippen MR) is 83.6 cm³/mol. The number of aromatic nitrogens is 2. The van der Waals surface area contributed by atoms with Crippen LogP contribution >= 0.6 is 12.2 Å². The van der Waals surface area contributed by atoms with E-state index in [0.717, 1.165) is 35.4 Å². The number of thiocarbonyl (C=S) groups is 1. The van der Waals surface area contributed by atoms with Gasteiger partial charge in [0, 0.05) is 30.3 Å². The molecule has 1 aromatic carbocycles. The summed E-state index contributed by atoms with van der Waals surface area (Å²) >= 11 is 4.94. The van der Waals surface area contributed by atoms with Gasteiger partial charge in [0.15, 0.2) is 5.82 Å². The fraction of sp³-hybridized carbons (Fsp3) is 0.357. The highest BCUT2D eigenvalue weighted by molar-refractivity contribution is 7.80. The first-order valence-electron chi connectivity index (χ1n) is 6.38. The van der Waals surface area contributed by atoms with Crippen LogP contribution in [0.2, 0.25) is 0 Å². The quantitative estimate of drug-likeness (QED) is 0.849. The molecule has 0 fully saturated rings. The van der Waals surface area contributed by atoms with Crippen LogP contribution in [-0.2, 0) is 0 Å². The maximum absolute atomic E-state index is 5.58. The van der Waals surface area contributed by atoms with Crippen molar-refractivity contribution in [2.75, 3.05) is 18.0 Å². The third-order valence-electron chi connectivity index (χ3n) is 3.16. The topological polar surface area (TPSA) is 55.0 Å². The Balaban J connectivity index is 2.43. The summed E-state index contributed by atoms with van der Waals surface area (Å²) in [6.07, 6.45) is 0.688. The molecular weight excluding hydrogens is 256 g/mol. The molecule has 0 atom stereocenters. The Morgan fingerprint density at radius 2 is 1.95 bits per heavy atom. The molecule has 0 aliphatic rings. The second-order valence-corrected chi connectivity index (χ2v) is 4.97. The SMILES string of the molecule is CCN(CCC(N)=S)c1nnc(C)c2ccccc12. The number of nitrogens with zero attached hydrogens (tertiary/aromatic N) is 3. The minimum Gasteiger partial charge on any atom is -0.393 e. The Morgan fingerprint density at radius 3 is 2.58 bits per heavy atom. The normalized spacial score (nSPS) is 10.6. The molecule has 0 bridgehead atoms. The Kier molecular flexibility index (Phi) is 4.27. The minimum absolute atomic E-state index is 0.530. The van der Waals surface area contributed by atoms with Crippen LogP contribution in [0.5, 0.6) is 0 Å². The lowest BCUT2D eigenvalue weighted by Gasteiger charge is -2.22. The van der Waals surface area contributed by atoms with Gasteiger partial charge in [0.25, 0.3) is 0 Å². The largest absolute Gasteiger partial charge is 0.393 e. The van der Waals surface area contributed by atoms with E-state index in [1.807, 2.05) is 19.1 Å². The molecule has 4 nitrogen and oxygen atoms in total. The fourth-order valence-electron chi connectivity index (χ4n) is 2.12. The van der Waals surface area contributed by atoms with Crippen LogP contribution in [-0.4, -0.2) is 28.3 Å². The summed E-state index contributed by atoms with van der Waals surface area (Å²) in [5.41, 5.74) is 6.53. The molecule has 0 saturated heterocycles. The van der Waals surface area contributed by atoms with Crippen molar-refractivity contribution in [2.45, 2.75) is 20.3 Å². The first kappa shape index (κ1) is 13.7. The van der Waals surface area contributed by atoms with Crippen molar-refractivity contribution < 1.29 is 0 Å². The van der Waals surface area contributed by atoms with E-state index in [0.29, 0.717) is 11.4 Å². The summed E-state index contributed by atoms with van der Waals surface area (Å²) in [7, 11) is 0. The van der Waals surface area contributed by atoms with Gasteiger partial charge >= 0.3 is 0 Å². The van der Waals surface area contributed by atoms with Crippen LogP contribution < -0.4 is 10.6 Å². The zero-order valence-electron chi connectivity index (χ0n) is 11.3. The molecule has 0 aliphatic carbocycles. The predicted octanol–water partition coefficient (Wildman–Crippen LogP) is 2.44. The molecule has 0 saturated carbocycles. The summed E-state index contributed by atoms with van der Waals surface area (Å²) in [4.78, 5) is 2.69. The molecular formula is C14H18N4S. The molecule has 5 heteroatoms. The summed E-state index contributed by atoms with van der Waals surface area (Å²) in [6, 6.07) is 8.19. The van der Waals surface area contributed by atoms with Gasteiger partial charge in [-0.25, -0.2) is 0 Å². The van der Waals surface area contributed by atoms with Gasteiger partial charge in [-0.15, -0.1) is 5.10 Å². The molecule has 1 heterocycles. The summed E-state index contributed by atoms with van der Waals surface area (Å²) < 4.78 is 0.